The molecule has 0 fully saturated rings. The highest BCUT2D eigenvalue weighted by Crippen LogP contribution is 2.17. The minimum atomic E-state index is -0.346. The number of benzene rings is 2. The third kappa shape index (κ3) is 6.24. The molecular formula is C23H28O4. The average molecular weight is 368 g/mol. The van der Waals surface area contributed by atoms with Gasteiger partial charge in [0, 0.05) is 6.42 Å². The molecule has 0 radical (unpaired) electrons. The summed E-state index contributed by atoms with van der Waals surface area (Å²) in [5.41, 5.74) is 3.24. The van der Waals surface area contributed by atoms with Gasteiger partial charge in [0.15, 0.2) is 0 Å². The molecule has 2 aromatic rings. The number of carbonyl (C=O) groups is 2. The number of ether oxygens (including phenoxy) is 2. The molecule has 2 atom stereocenters. The van der Waals surface area contributed by atoms with E-state index in [1.165, 1.54) is 0 Å². The van der Waals surface area contributed by atoms with E-state index in [9.17, 15) is 9.59 Å². The molecule has 0 aliphatic carbocycles. The van der Waals surface area contributed by atoms with Crippen molar-refractivity contribution in [3.63, 3.8) is 0 Å². The Bertz CT molecular complexity index is 681. The number of hydrogen-bond acceptors (Lipinski definition) is 4. The fourth-order valence-corrected chi connectivity index (χ4v) is 2.71. The maximum absolute atomic E-state index is 12.3. The maximum Gasteiger partial charge on any atom is 0.338 e. The predicted molar refractivity (Wildman–Crippen MR) is 106 cm³/mol. The highest BCUT2D eigenvalue weighted by Gasteiger charge is 2.22. The summed E-state index contributed by atoms with van der Waals surface area (Å²) in [6.45, 7) is 7.86. The van der Waals surface area contributed by atoms with E-state index in [0.717, 1.165) is 11.1 Å². The maximum atomic E-state index is 12.3. The van der Waals surface area contributed by atoms with Gasteiger partial charge in [-0.2, -0.15) is 0 Å². The Kier molecular flexibility index (Phi) is 7.59. The van der Waals surface area contributed by atoms with Gasteiger partial charge in [-0.1, -0.05) is 49.2 Å². The molecule has 2 rings (SSSR count). The van der Waals surface area contributed by atoms with E-state index in [0.29, 0.717) is 30.4 Å². The first-order chi connectivity index (χ1) is 12.9. The van der Waals surface area contributed by atoms with E-state index in [4.69, 9.17) is 9.47 Å². The van der Waals surface area contributed by atoms with Crippen molar-refractivity contribution in [3.8, 4) is 0 Å². The van der Waals surface area contributed by atoms with Crippen LogP contribution < -0.4 is 0 Å². The Morgan fingerprint density at radius 1 is 0.704 bits per heavy atom. The van der Waals surface area contributed by atoms with Crippen LogP contribution >= 0.6 is 0 Å². The Morgan fingerprint density at radius 2 is 1.04 bits per heavy atom. The molecule has 4 heteroatoms. The lowest BCUT2D eigenvalue weighted by molar-refractivity contribution is -0.00187. The van der Waals surface area contributed by atoms with Crippen LogP contribution in [0.3, 0.4) is 0 Å². The van der Waals surface area contributed by atoms with Gasteiger partial charge in [0.25, 0.3) is 0 Å². The molecule has 4 nitrogen and oxygen atoms in total. The lowest BCUT2D eigenvalue weighted by atomic mass is 10.1. The van der Waals surface area contributed by atoms with Gasteiger partial charge in [0.1, 0.15) is 12.2 Å². The van der Waals surface area contributed by atoms with Crippen LogP contribution in [0.2, 0.25) is 0 Å². The second kappa shape index (κ2) is 9.91. The predicted octanol–water partition coefficient (Wildman–Crippen LogP) is 5.26. The second-order valence-corrected chi connectivity index (χ2v) is 6.84. The van der Waals surface area contributed by atoms with Gasteiger partial charge in [-0.05, 0) is 51.0 Å². The number of hydrogen-bond donors (Lipinski definition) is 0. The van der Waals surface area contributed by atoms with Gasteiger partial charge in [-0.15, -0.1) is 0 Å². The summed E-state index contributed by atoms with van der Waals surface area (Å²) in [6.07, 6.45) is 1.22. The van der Waals surface area contributed by atoms with Crippen molar-refractivity contribution in [2.45, 2.75) is 59.2 Å². The zero-order chi connectivity index (χ0) is 19.8. The zero-order valence-corrected chi connectivity index (χ0v) is 16.5. The first kappa shape index (κ1) is 20.7. The zero-order valence-electron chi connectivity index (χ0n) is 16.5. The Labute approximate surface area is 161 Å². The molecule has 27 heavy (non-hydrogen) atoms. The smallest absolute Gasteiger partial charge is 0.338 e. The summed E-state index contributed by atoms with van der Waals surface area (Å²) in [6, 6.07) is 14.6. The molecule has 0 saturated heterocycles. The summed E-state index contributed by atoms with van der Waals surface area (Å²) in [4.78, 5) is 24.7. The van der Waals surface area contributed by atoms with E-state index >= 15 is 0 Å². The first-order valence-electron chi connectivity index (χ1n) is 9.48. The van der Waals surface area contributed by atoms with Crippen LogP contribution in [-0.2, 0) is 9.47 Å². The molecule has 0 bridgehead atoms. The molecule has 0 aliphatic rings. The van der Waals surface area contributed by atoms with Crippen LogP contribution in [0.25, 0.3) is 0 Å². The van der Waals surface area contributed by atoms with Crippen molar-refractivity contribution in [3.05, 3.63) is 70.8 Å². The third-order valence-corrected chi connectivity index (χ3v) is 4.56. The fourth-order valence-electron chi connectivity index (χ4n) is 2.71. The highest BCUT2D eigenvalue weighted by molar-refractivity contribution is 5.90. The molecule has 0 aliphatic heterocycles. The molecule has 144 valence electrons. The van der Waals surface area contributed by atoms with Crippen LogP contribution in [0.1, 0.15) is 65.0 Å². The van der Waals surface area contributed by atoms with Crippen molar-refractivity contribution < 1.29 is 19.1 Å². The Balaban J connectivity index is 1.95. The Hall–Kier alpha value is -2.62. The molecule has 0 aromatic heterocycles. The van der Waals surface area contributed by atoms with Crippen LogP contribution in [-0.4, -0.2) is 24.1 Å². The third-order valence-electron chi connectivity index (χ3n) is 4.56. The summed E-state index contributed by atoms with van der Waals surface area (Å²) in [5.74, 6) is -0.692. The van der Waals surface area contributed by atoms with E-state index in [1.807, 2.05) is 52.0 Å². The van der Waals surface area contributed by atoms with E-state index in [-0.39, 0.29) is 24.1 Å². The Morgan fingerprint density at radius 3 is 1.33 bits per heavy atom. The largest absolute Gasteiger partial charge is 0.459 e. The quantitative estimate of drug-likeness (QED) is 0.596. The molecule has 0 saturated carbocycles. The van der Waals surface area contributed by atoms with Crippen molar-refractivity contribution in [1.29, 1.82) is 0 Å². The molecule has 0 amide bonds. The van der Waals surface area contributed by atoms with Crippen molar-refractivity contribution in [2.75, 3.05) is 0 Å². The normalized spacial score (nSPS) is 12.9. The average Bonchev–Trinajstić information content (AvgIpc) is 2.67. The van der Waals surface area contributed by atoms with Gasteiger partial charge in [0.2, 0.25) is 0 Å². The molecule has 0 heterocycles. The lowest BCUT2D eigenvalue weighted by Crippen LogP contribution is -2.27. The topological polar surface area (TPSA) is 52.6 Å². The van der Waals surface area contributed by atoms with Crippen LogP contribution in [0, 0.1) is 13.8 Å². The molecule has 0 unspecified atom stereocenters. The van der Waals surface area contributed by atoms with Crippen LogP contribution in [0.5, 0.6) is 0 Å². The number of rotatable bonds is 8. The summed E-state index contributed by atoms with van der Waals surface area (Å²) in [5, 5.41) is 0. The minimum absolute atomic E-state index is 0.297. The van der Waals surface area contributed by atoms with Gasteiger partial charge < -0.3 is 9.47 Å². The SMILES string of the molecule is CC[C@H](C[C@H](CC)OC(=O)c1ccc(C)cc1)OC(=O)c1ccc(C)cc1. The minimum Gasteiger partial charge on any atom is -0.459 e. The van der Waals surface area contributed by atoms with Gasteiger partial charge in [-0.25, -0.2) is 9.59 Å². The number of aryl methyl sites for hydroxylation is 2. The van der Waals surface area contributed by atoms with E-state index < -0.39 is 0 Å². The molecule has 0 spiro atoms. The summed E-state index contributed by atoms with van der Waals surface area (Å²) < 4.78 is 11.3. The van der Waals surface area contributed by atoms with Crippen molar-refractivity contribution >= 4 is 11.9 Å². The van der Waals surface area contributed by atoms with Gasteiger partial charge in [-0.3, -0.25) is 0 Å². The van der Waals surface area contributed by atoms with Crippen LogP contribution in [0.15, 0.2) is 48.5 Å². The molecular weight excluding hydrogens is 340 g/mol. The summed E-state index contributed by atoms with van der Waals surface area (Å²) >= 11 is 0. The molecule has 0 N–H and O–H groups in total. The van der Waals surface area contributed by atoms with Crippen molar-refractivity contribution in [2.24, 2.45) is 0 Å². The lowest BCUT2D eigenvalue weighted by Gasteiger charge is -2.22. The van der Waals surface area contributed by atoms with Crippen LogP contribution in [0.4, 0.5) is 0 Å². The van der Waals surface area contributed by atoms with Gasteiger partial charge in [0.05, 0.1) is 11.1 Å². The van der Waals surface area contributed by atoms with E-state index in [1.54, 1.807) is 24.3 Å². The van der Waals surface area contributed by atoms with E-state index in [2.05, 4.69) is 0 Å². The fraction of sp³-hybridized carbons (Fsp3) is 0.391. The highest BCUT2D eigenvalue weighted by atomic mass is 16.6. The standard InChI is InChI=1S/C23H28O4/c1-5-20(26-22(24)18-11-7-16(3)8-12-18)15-21(6-2)27-23(25)19-13-9-17(4)10-14-19/h7-14,20-21H,5-6,15H2,1-4H3/t20-,21+. The van der Waals surface area contributed by atoms with Crippen molar-refractivity contribution in [1.82, 2.24) is 0 Å². The number of carbonyl (C=O) groups excluding carboxylic acids is 2. The molecule has 2 aromatic carbocycles. The number of esters is 2. The second-order valence-electron chi connectivity index (χ2n) is 6.84. The van der Waals surface area contributed by atoms with Gasteiger partial charge >= 0.3 is 11.9 Å². The monoisotopic (exact) mass is 368 g/mol. The summed E-state index contributed by atoms with van der Waals surface area (Å²) in [7, 11) is 0. The first-order valence-corrected chi connectivity index (χ1v) is 9.48.